The minimum Gasteiger partial charge on any atom is -0.472 e. The van der Waals surface area contributed by atoms with Crippen LogP contribution in [0.4, 0.5) is 17.6 Å². The van der Waals surface area contributed by atoms with Gasteiger partial charge in [0.25, 0.3) is 11.8 Å². The molecule has 4 amide bonds. The Morgan fingerprint density at radius 1 is 1.07 bits per heavy atom. The number of fused-ring (bicyclic) bond motifs is 5. The first kappa shape index (κ1) is 39.4. The summed E-state index contributed by atoms with van der Waals surface area (Å²) in [4.78, 5) is 60.7. The topological polar surface area (TPSA) is 184 Å². The lowest BCUT2D eigenvalue weighted by molar-refractivity contribution is -0.205. The SMILES string of the molecule is CC1(S(=O)(=O)NC(=O)[C@@]23C[C@H]2/C=C\CCCCC[C@H](NC(=O)[C@@H](O)C(F)(F)F)C(=O)N2C[C@H](Oc4nc5cc(F)ccc5c5ccccc45)C[C@H]2C(=O)N3)CC1. The Morgan fingerprint density at radius 2 is 1.80 bits per heavy atom. The first-order valence-corrected chi connectivity index (χ1v) is 20.0. The number of halogens is 4. The van der Waals surface area contributed by atoms with Gasteiger partial charge in [0, 0.05) is 29.2 Å². The van der Waals surface area contributed by atoms with Crippen LogP contribution in [0.25, 0.3) is 21.7 Å². The molecule has 6 atom stereocenters. The van der Waals surface area contributed by atoms with Crippen molar-refractivity contribution in [2.24, 2.45) is 5.92 Å². The van der Waals surface area contributed by atoms with Gasteiger partial charge >= 0.3 is 6.18 Å². The van der Waals surface area contributed by atoms with Gasteiger partial charge in [-0.2, -0.15) is 13.2 Å². The molecule has 3 aromatic rings. The van der Waals surface area contributed by atoms with Crippen molar-refractivity contribution in [1.82, 2.24) is 25.2 Å². The Labute approximate surface area is 319 Å². The average Bonchev–Trinajstić information content (AvgIpc) is 4.02. The van der Waals surface area contributed by atoms with Crippen LogP contribution in [-0.4, -0.2) is 94.3 Å². The first-order valence-electron chi connectivity index (χ1n) is 18.5. The number of ether oxygens (including phenoxy) is 1. The highest BCUT2D eigenvalue weighted by Gasteiger charge is 2.63. The van der Waals surface area contributed by atoms with E-state index >= 15 is 0 Å². The standard InChI is InChI=1S/C38H41F4N5O8S/c1-36(15-16-36)56(53,54)46-35(52)37-19-21(37)9-5-3-2-4-6-12-27(43-32(50)30(48)38(40,41)42)34(51)47-20-23(18-29(47)31(49)45-37)55-33-26-11-8-7-10-24(26)25-14-13-22(39)17-28(25)44-33/h5,7-11,13-14,17,21,23,27,29-30,48H,2-4,6,12,15-16,18-20H2,1H3,(H,43,50)(H,45,49)(H,46,52)/b9-5-/t21-,23-,27+,29+,30-,37-/m1/s1. The molecule has 0 unspecified atom stereocenters. The van der Waals surface area contributed by atoms with Crippen LogP contribution in [0, 0.1) is 11.7 Å². The van der Waals surface area contributed by atoms with E-state index in [2.05, 4.69) is 15.0 Å². The molecule has 56 heavy (non-hydrogen) atoms. The van der Waals surface area contributed by atoms with E-state index in [1.807, 2.05) is 5.32 Å². The van der Waals surface area contributed by atoms with Crippen LogP contribution in [0.1, 0.15) is 64.7 Å². The van der Waals surface area contributed by atoms with Crippen LogP contribution in [0.5, 0.6) is 5.88 Å². The molecule has 4 aliphatic rings. The summed E-state index contributed by atoms with van der Waals surface area (Å²) in [5, 5.41) is 16.3. The molecule has 2 aromatic carbocycles. The second-order valence-electron chi connectivity index (χ2n) is 15.3. The molecule has 18 heteroatoms. The quantitative estimate of drug-likeness (QED) is 0.157. The fourth-order valence-corrected chi connectivity index (χ4v) is 8.80. The number of rotatable bonds is 7. The minimum absolute atomic E-state index is 0.0551. The molecular formula is C38H41F4N5O8S. The summed E-state index contributed by atoms with van der Waals surface area (Å²) in [6.45, 7) is 1.19. The molecule has 2 aliphatic heterocycles. The van der Waals surface area contributed by atoms with E-state index < -0.39 is 86.1 Å². The monoisotopic (exact) mass is 803 g/mol. The Hall–Kier alpha value is -4.84. The van der Waals surface area contributed by atoms with E-state index in [1.54, 1.807) is 42.5 Å². The smallest absolute Gasteiger partial charge is 0.423 e. The summed E-state index contributed by atoms with van der Waals surface area (Å²) >= 11 is 0. The molecular weight excluding hydrogens is 763 g/mol. The largest absolute Gasteiger partial charge is 0.472 e. The van der Waals surface area contributed by atoms with Crippen LogP contribution in [0.15, 0.2) is 54.6 Å². The number of hydrogen-bond donors (Lipinski definition) is 4. The lowest BCUT2D eigenvalue weighted by Crippen LogP contribution is -2.59. The van der Waals surface area contributed by atoms with Crippen molar-refractivity contribution in [3.8, 4) is 5.88 Å². The third-order valence-electron chi connectivity index (χ3n) is 11.3. The summed E-state index contributed by atoms with van der Waals surface area (Å²) in [5.41, 5.74) is -1.42. The van der Waals surface area contributed by atoms with Crippen LogP contribution in [0.3, 0.4) is 0 Å². The highest BCUT2D eigenvalue weighted by Crippen LogP contribution is 2.47. The van der Waals surface area contributed by atoms with Crippen LogP contribution in [0.2, 0.25) is 0 Å². The highest BCUT2D eigenvalue weighted by atomic mass is 32.2. The average molecular weight is 804 g/mol. The number of pyridine rings is 1. The second-order valence-corrected chi connectivity index (χ2v) is 17.5. The number of sulfonamides is 1. The van der Waals surface area contributed by atoms with Gasteiger partial charge in [-0.05, 0) is 69.0 Å². The molecule has 7 rings (SSSR count). The number of carbonyl (C=O) groups excluding carboxylic acids is 4. The Balaban J connectivity index is 1.23. The summed E-state index contributed by atoms with van der Waals surface area (Å²) < 4.78 is 87.8. The van der Waals surface area contributed by atoms with Crippen LogP contribution >= 0.6 is 0 Å². The van der Waals surface area contributed by atoms with Gasteiger partial charge in [0.1, 0.15) is 29.5 Å². The molecule has 300 valence electrons. The van der Waals surface area contributed by atoms with Crippen molar-refractivity contribution < 1.29 is 55.0 Å². The fraction of sp³-hybridized carbons (Fsp3) is 0.500. The number of carbonyl (C=O) groups is 4. The van der Waals surface area contributed by atoms with Gasteiger partial charge in [-0.25, -0.2) is 17.8 Å². The van der Waals surface area contributed by atoms with Crippen LogP contribution in [-0.2, 0) is 29.2 Å². The van der Waals surface area contributed by atoms with Gasteiger partial charge in [0.15, 0.2) is 0 Å². The summed E-state index contributed by atoms with van der Waals surface area (Å²) in [7, 11) is -4.10. The number of aliphatic hydroxyl groups excluding tert-OH is 1. The number of nitrogens with one attached hydrogen (secondary N) is 3. The molecule has 0 radical (unpaired) electrons. The zero-order valence-corrected chi connectivity index (χ0v) is 31.1. The van der Waals surface area contributed by atoms with Gasteiger partial charge in [-0.1, -0.05) is 43.2 Å². The normalized spacial score (nSPS) is 27.9. The van der Waals surface area contributed by atoms with Crippen molar-refractivity contribution in [3.05, 3.63) is 60.4 Å². The molecule has 0 bridgehead atoms. The number of amides is 4. The molecule has 2 saturated carbocycles. The predicted molar refractivity (Wildman–Crippen MR) is 194 cm³/mol. The Morgan fingerprint density at radius 3 is 2.52 bits per heavy atom. The molecule has 4 N–H and O–H groups in total. The van der Waals surface area contributed by atoms with Crippen molar-refractivity contribution in [3.63, 3.8) is 0 Å². The van der Waals surface area contributed by atoms with Crippen molar-refractivity contribution in [2.45, 2.75) is 105 Å². The summed E-state index contributed by atoms with van der Waals surface area (Å²) in [6.07, 6.45) is -3.89. The number of hydrogen-bond acceptors (Lipinski definition) is 9. The van der Waals surface area contributed by atoms with Gasteiger partial charge in [0.2, 0.25) is 33.8 Å². The van der Waals surface area contributed by atoms with Gasteiger partial charge in [0.05, 0.1) is 16.8 Å². The maximum absolute atomic E-state index is 14.3. The lowest BCUT2D eigenvalue weighted by atomic mass is 10.0. The maximum atomic E-state index is 14.3. The number of alkyl halides is 3. The number of benzene rings is 2. The van der Waals surface area contributed by atoms with Gasteiger partial charge in [-0.3, -0.25) is 23.9 Å². The number of aliphatic hydroxyl groups is 1. The van der Waals surface area contributed by atoms with E-state index in [9.17, 15) is 50.3 Å². The fourth-order valence-electron chi connectivity index (χ4n) is 7.49. The van der Waals surface area contributed by atoms with Gasteiger partial charge in [-0.15, -0.1) is 0 Å². The van der Waals surface area contributed by atoms with E-state index in [0.29, 0.717) is 48.3 Å². The molecule has 1 aromatic heterocycles. The molecule has 1 saturated heterocycles. The minimum atomic E-state index is -5.31. The first-order chi connectivity index (χ1) is 26.4. The zero-order valence-electron chi connectivity index (χ0n) is 30.3. The van der Waals surface area contributed by atoms with E-state index in [-0.39, 0.29) is 43.6 Å². The van der Waals surface area contributed by atoms with E-state index in [1.165, 1.54) is 19.1 Å². The summed E-state index contributed by atoms with van der Waals surface area (Å²) in [5.74, 6) is -5.65. The Kier molecular flexibility index (Phi) is 10.3. The van der Waals surface area contributed by atoms with E-state index in [0.717, 1.165) is 4.90 Å². The predicted octanol–water partition coefficient (Wildman–Crippen LogP) is 3.68. The molecule has 13 nitrogen and oxygen atoms in total. The van der Waals surface area contributed by atoms with E-state index in [4.69, 9.17) is 4.74 Å². The van der Waals surface area contributed by atoms with Crippen LogP contribution < -0.4 is 20.1 Å². The summed E-state index contributed by atoms with van der Waals surface area (Å²) in [6, 6.07) is 8.11. The Bertz CT molecular complexity index is 2230. The van der Waals surface area contributed by atoms with Crippen molar-refractivity contribution in [1.29, 1.82) is 0 Å². The number of nitrogens with zero attached hydrogens (tertiary/aromatic N) is 2. The number of allylic oxidation sites excluding steroid dienone is 1. The molecule has 3 fully saturated rings. The number of aromatic nitrogens is 1. The lowest BCUT2D eigenvalue weighted by Gasteiger charge is -2.30. The zero-order chi connectivity index (χ0) is 40.2. The third kappa shape index (κ3) is 7.64. The molecule has 3 heterocycles. The second kappa shape index (κ2) is 14.6. The highest BCUT2D eigenvalue weighted by molar-refractivity contribution is 7.91. The third-order valence-corrected chi connectivity index (χ3v) is 13.4. The van der Waals surface area contributed by atoms with Crippen molar-refractivity contribution in [2.75, 3.05) is 6.54 Å². The molecule has 0 spiro atoms. The van der Waals surface area contributed by atoms with Gasteiger partial charge < -0.3 is 25.4 Å². The van der Waals surface area contributed by atoms with Crippen molar-refractivity contribution >= 4 is 55.3 Å². The molecule has 2 aliphatic carbocycles. The maximum Gasteiger partial charge on any atom is 0.423 e.